The summed E-state index contributed by atoms with van der Waals surface area (Å²) in [6.45, 7) is 3.90. The van der Waals surface area contributed by atoms with Crippen molar-refractivity contribution in [1.82, 2.24) is 14.9 Å². The highest BCUT2D eigenvalue weighted by molar-refractivity contribution is 7.10. The van der Waals surface area contributed by atoms with Crippen molar-refractivity contribution in [2.45, 2.75) is 19.4 Å². The lowest BCUT2D eigenvalue weighted by Crippen LogP contribution is -2.20. The first-order valence-electron chi connectivity index (χ1n) is 8.06. The number of thiophene rings is 1. The molecule has 2 heterocycles. The Kier molecular flexibility index (Phi) is 5.27. The number of hydrogen-bond acceptors (Lipinski definition) is 5. The fourth-order valence-corrected chi connectivity index (χ4v) is 3.40. The highest BCUT2D eigenvalue weighted by atomic mass is 32.1. The van der Waals surface area contributed by atoms with Gasteiger partial charge >= 0.3 is 0 Å². The van der Waals surface area contributed by atoms with Crippen molar-refractivity contribution in [3.63, 3.8) is 0 Å². The summed E-state index contributed by atoms with van der Waals surface area (Å²) in [5, 5.41) is 5.97. The standard InChI is InChI=1S/C18H21N3O2S/c1-3-19-10-9-14(16-8-5-11-24-16)23-15-7-4-6-13-17(15)20-12-21(2)18(13)22/h4-8,11-12,14,19H,3,9-10H2,1-2H3. The number of para-hydroxylation sites is 1. The van der Waals surface area contributed by atoms with Crippen LogP contribution >= 0.6 is 11.3 Å². The number of aromatic nitrogens is 2. The number of benzene rings is 1. The molecule has 1 unspecified atom stereocenters. The van der Waals surface area contributed by atoms with Crippen molar-refractivity contribution < 1.29 is 4.74 Å². The van der Waals surface area contributed by atoms with Crippen LogP contribution in [0, 0.1) is 0 Å². The van der Waals surface area contributed by atoms with E-state index in [0.717, 1.165) is 19.5 Å². The molecule has 2 aromatic heterocycles. The average molecular weight is 343 g/mol. The highest BCUT2D eigenvalue weighted by Crippen LogP contribution is 2.30. The van der Waals surface area contributed by atoms with Gasteiger partial charge in [0.1, 0.15) is 17.4 Å². The Morgan fingerprint density at radius 3 is 2.96 bits per heavy atom. The van der Waals surface area contributed by atoms with E-state index in [9.17, 15) is 4.79 Å². The summed E-state index contributed by atoms with van der Waals surface area (Å²) in [4.78, 5) is 17.8. The molecule has 126 valence electrons. The molecule has 3 rings (SSSR count). The van der Waals surface area contributed by atoms with Gasteiger partial charge in [-0.1, -0.05) is 19.1 Å². The highest BCUT2D eigenvalue weighted by Gasteiger charge is 2.17. The predicted octanol–water partition coefficient (Wildman–Crippen LogP) is 3.11. The van der Waals surface area contributed by atoms with Crippen LogP contribution in [0.15, 0.2) is 46.8 Å². The second-order valence-corrected chi connectivity index (χ2v) is 6.56. The first kappa shape index (κ1) is 16.7. The van der Waals surface area contributed by atoms with Gasteiger partial charge < -0.3 is 14.6 Å². The fraction of sp³-hybridized carbons (Fsp3) is 0.333. The van der Waals surface area contributed by atoms with Gasteiger partial charge in [0.2, 0.25) is 0 Å². The zero-order valence-corrected chi connectivity index (χ0v) is 14.7. The molecule has 6 heteroatoms. The van der Waals surface area contributed by atoms with E-state index in [1.54, 1.807) is 24.5 Å². The van der Waals surface area contributed by atoms with Gasteiger partial charge in [0, 0.05) is 18.3 Å². The lowest BCUT2D eigenvalue weighted by molar-refractivity contribution is 0.200. The minimum absolute atomic E-state index is 0.0551. The van der Waals surface area contributed by atoms with Crippen molar-refractivity contribution in [2.75, 3.05) is 13.1 Å². The summed E-state index contributed by atoms with van der Waals surface area (Å²) in [5.41, 5.74) is 0.552. The first-order chi connectivity index (χ1) is 11.7. The van der Waals surface area contributed by atoms with Gasteiger partial charge in [0.15, 0.2) is 0 Å². The molecule has 0 saturated heterocycles. The maximum atomic E-state index is 12.3. The van der Waals surface area contributed by atoms with E-state index in [-0.39, 0.29) is 11.7 Å². The van der Waals surface area contributed by atoms with Crippen LogP contribution in [-0.4, -0.2) is 22.6 Å². The topological polar surface area (TPSA) is 56.1 Å². The van der Waals surface area contributed by atoms with Crippen molar-refractivity contribution in [3.05, 3.63) is 57.3 Å². The van der Waals surface area contributed by atoms with E-state index in [2.05, 4.69) is 28.7 Å². The molecule has 0 aliphatic heterocycles. The van der Waals surface area contributed by atoms with Crippen molar-refractivity contribution >= 4 is 22.2 Å². The molecule has 1 N–H and O–H groups in total. The Labute approximate surface area is 144 Å². The molecule has 24 heavy (non-hydrogen) atoms. The number of nitrogens with one attached hydrogen (secondary N) is 1. The Morgan fingerprint density at radius 2 is 2.21 bits per heavy atom. The molecule has 0 fully saturated rings. The molecule has 0 aliphatic rings. The lowest BCUT2D eigenvalue weighted by atomic mass is 10.2. The third-order valence-electron chi connectivity index (χ3n) is 3.87. The number of hydrogen-bond donors (Lipinski definition) is 1. The third kappa shape index (κ3) is 3.49. The van der Waals surface area contributed by atoms with Crippen LogP contribution in [-0.2, 0) is 7.05 Å². The molecular formula is C18H21N3O2S. The van der Waals surface area contributed by atoms with Gasteiger partial charge in [0.25, 0.3) is 5.56 Å². The molecule has 5 nitrogen and oxygen atoms in total. The summed E-state index contributed by atoms with van der Waals surface area (Å²) in [5.74, 6) is 0.653. The normalized spacial score (nSPS) is 12.4. The minimum atomic E-state index is -0.0641. The monoisotopic (exact) mass is 343 g/mol. The van der Waals surface area contributed by atoms with E-state index in [1.807, 2.05) is 18.2 Å². The molecule has 0 aliphatic carbocycles. The zero-order valence-electron chi connectivity index (χ0n) is 13.9. The molecular weight excluding hydrogens is 322 g/mol. The SMILES string of the molecule is CCNCCC(Oc1cccc2c(=O)n(C)cnc12)c1cccs1. The van der Waals surface area contributed by atoms with E-state index in [1.165, 1.54) is 15.8 Å². The Bertz CT molecular complexity index is 858. The van der Waals surface area contributed by atoms with Crippen LogP contribution in [0.4, 0.5) is 0 Å². The van der Waals surface area contributed by atoms with Crippen molar-refractivity contribution in [1.29, 1.82) is 0 Å². The number of nitrogens with zero attached hydrogens (tertiary/aromatic N) is 2. The largest absolute Gasteiger partial charge is 0.483 e. The first-order valence-corrected chi connectivity index (χ1v) is 8.93. The average Bonchev–Trinajstić information content (AvgIpc) is 3.12. The molecule has 0 bridgehead atoms. The van der Waals surface area contributed by atoms with Gasteiger partial charge in [-0.25, -0.2) is 4.98 Å². The maximum Gasteiger partial charge on any atom is 0.261 e. The summed E-state index contributed by atoms with van der Waals surface area (Å²) >= 11 is 1.68. The molecule has 0 radical (unpaired) electrons. The van der Waals surface area contributed by atoms with Gasteiger partial charge in [-0.05, 0) is 36.7 Å². The molecule has 0 spiro atoms. The third-order valence-corrected chi connectivity index (χ3v) is 4.84. The van der Waals surface area contributed by atoms with Crippen LogP contribution < -0.4 is 15.6 Å². The van der Waals surface area contributed by atoms with E-state index < -0.39 is 0 Å². The van der Waals surface area contributed by atoms with Crippen LogP contribution in [0.1, 0.15) is 24.3 Å². The Morgan fingerprint density at radius 1 is 1.33 bits per heavy atom. The van der Waals surface area contributed by atoms with Crippen LogP contribution in [0.3, 0.4) is 0 Å². The second kappa shape index (κ2) is 7.59. The number of ether oxygens (including phenoxy) is 1. The quantitative estimate of drug-likeness (QED) is 0.670. The Hall–Kier alpha value is -2.18. The van der Waals surface area contributed by atoms with Gasteiger partial charge in [-0.2, -0.15) is 0 Å². The summed E-state index contributed by atoms with van der Waals surface area (Å²) in [6, 6.07) is 9.62. The van der Waals surface area contributed by atoms with Crippen LogP contribution in [0.2, 0.25) is 0 Å². The molecule has 1 atom stereocenters. The molecule has 3 aromatic rings. The van der Waals surface area contributed by atoms with Crippen LogP contribution in [0.5, 0.6) is 5.75 Å². The molecule has 0 saturated carbocycles. The second-order valence-electron chi connectivity index (χ2n) is 5.58. The van der Waals surface area contributed by atoms with Gasteiger partial charge in [-0.15, -0.1) is 11.3 Å². The smallest absolute Gasteiger partial charge is 0.261 e. The van der Waals surface area contributed by atoms with E-state index >= 15 is 0 Å². The van der Waals surface area contributed by atoms with E-state index in [4.69, 9.17) is 4.74 Å². The zero-order chi connectivity index (χ0) is 16.9. The number of rotatable bonds is 7. The van der Waals surface area contributed by atoms with E-state index in [0.29, 0.717) is 16.7 Å². The number of aryl methyl sites for hydroxylation is 1. The van der Waals surface area contributed by atoms with Crippen molar-refractivity contribution in [2.24, 2.45) is 7.05 Å². The van der Waals surface area contributed by atoms with Crippen molar-refractivity contribution in [3.8, 4) is 5.75 Å². The molecule has 0 amide bonds. The number of fused-ring (bicyclic) bond motifs is 1. The van der Waals surface area contributed by atoms with Crippen LogP contribution in [0.25, 0.3) is 10.9 Å². The lowest BCUT2D eigenvalue weighted by Gasteiger charge is -2.19. The summed E-state index contributed by atoms with van der Waals surface area (Å²) in [7, 11) is 1.70. The Balaban J connectivity index is 1.93. The van der Waals surface area contributed by atoms with Gasteiger partial charge in [0.05, 0.1) is 11.7 Å². The predicted molar refractivity (Wildman–Crippen MR) is 97.8 cm³/mol. The maximum absolute atomic E-state index is 12.3. The van der Waals surface area contributed by atoms with Gasteiger partial charge in [-0.3, -0.25) is 4.79 Å². The minimum Gasteiger partial charge on any atom is -0.483 e. The summed E-state index contributed by atoms with van der Waals surface area (Å²) < 4.78 is 7.75. The molecule has 1 aromatic carbocycles. The fourth-order valence-electron chi connectivity index (χ4n) is 2.61. The summed E-state index contributed by atoms with van der Waals surface area (Å²) in [6.07, 6.45) is 2.34.